The van der Waals surface area contributed by atoms with Gasteiger partial charge in [-0.3, -0.25) is 4.79 Å². The van der Waals surface area contributed by atoms with E-state index in [4.69, 9.17) is 0 Å². The summed E-state index contributed by atoms with van der Waals surface area (Å²) in [6.07, 6.45) is 3.58. The van der Waals surface area contributed by atoms with Gasteiger partial charge in [0.2, 0.25) is 10.0 Å². The molecule has 1 aliphatic heterocycles. The van der Waals surface area contributed by atoms with Crippen molar-refractivity contribution in [2.24, 2.45) is 0 Å². The van der Waals surface area contributed by atoms with Gasteiger partial charge in [-0.2, -0.15) is 0 Å². The maximum atomic E-state index is 13.4. The van der Waals surface area contributed by atoms with Crippen molar-refractivity contribution >= 4 is 26.5 Å². The summed E-state index contributed by atoms with van der Waals surface area (Å²) in [5.74, 6) is 0. The minimum absolute atomic E-state index is 0.118. The van der Waals surface area contributed by atoms with E-state index >= 15 is 0 Å². The molecule has 174 valence electrons. The van der Waals surface area contributed by atoms with Crippen LogP contribution in [0.3, 0.4) is 0 Å². The molecular weight excluding hydrogens is 436 g/mol. The number of anilines is 1. The highest BCUT2D eigenvalue weighted by atomic mass is 32.2. The quantitative estimate of drug-likeness (QED) is 0.617. The Hall–Kier alpha value is -2.68. The molecule has 0 amide bonds. The lowest BCUT2D eigenvalue weighted by Gasteiger charge is -2.37. The number of rotatable bonds is 4. The van der Waals surface area contributed by atoms with E-state index in [9.17, 15) is 13.2 Å². The number of hydrogen-bond acceptors (Lipinski definition) is 5. The molecule has 0 unspecified atom stereocenters. The third-order valence-electron chi connectivity index (χ3n) is 7.06. The monoisotopic (exact) mass is 466 g/mol. The molecule has 1 aromatic heterocycles. The lowest BCUT2D eigenvalue weighted by molar-refractivity contribution is 0.312. The van der Waals surface area contributed by atoms with Gasteiger partial charge in [0.05, 0.1) is 0 Å². The number of benzene rings is 2. The van der Waals surface area contributed by atoms with Gasteiger partial charge in [-0.1, -0.05) is 24.3 Å². The average Bonchev–Trinajstić information content (AvgIpc) is 2.80. The van der Waals surface area contributed by atoms with Gasteiger partial charge < -0.3 is 14.8 Å². The molecule has 2 aromatic carbocycles. The summed E-state index contributed by atoms with van der Waals surface area (Å²) in [5.41, 5.74) is 4.85. The van der Waals surface area contributed by atoms with Crippen LogP contribution >= 0.6 is 0 Å². The molecule has 2 heterocycles. The van der Waals surface area contributed by atoms with Crippen molar-refractivity contribution in [3.05, 3.63) is 69.6 Å². The molecule has 0 radical (unpaired) electrons. The highest BCUT2D eigenvalue weighted by Gasteiger charge is 2.29. The fraction of sp³-hybridized carbons (Fsp3) is 0.400. The Morgan fingerprint density at radius 3 is 2.48 bits per heavy atom. The van der Waals surface area contributed by atoms with Gasteiger partial charge >= 0.3 is 0 Å². The van der Waals surface area contributed by atoms with Crippen molar-refractivity contribution in [3.8, 4) is 0 Å². The van der Waals surface area contributed by atoms with Gasteiger partial charge in [0.25, 0.3) is 5.56 Å². The smallest absolute Gasteiger partial charge is 0.255 e. The maximum absolute atomic E-state index is 13.4. The number of nitrogens with one attached hydrogen (secondary N) is 2. The summed E-state index contributed by atoms with van der Waals surface area (Å²) >= 11 is 0. The molecular formula is C25H30N4O3S. The molecule has 3 aromatic rings. The Morgan fingerprint density at radius 2 is 1.73 bits per heavy atom. The summed E-state index contributed by atoms with van der Waals surface area (Å²) in [6, 6.07) is 11.0. The third kappa shape index (κ3) is 4.18. The van der Waals surface area contributed by atoms with Gasteiger partial charge in [-0.15, -0.1) is 0 Å². The largest absolute Gasteiger partial charge is 0.369 e. The van der Waals surface area contributed by atoms with Crippen molar-refractivity contribution in [2.45, 2.75) is 37.1 Å². The van der Waals surface area contributed by atoms with Gasteiger partial charge in [0.1, 0.15) is 4.90 Å². The number of aromatic amines is 1. The van der Waals surface area contributed by atoms with E-state index in [1.54, 1.807) is 24.3 Å². The van der Waals surface area contributed by atoms with Crippen LogP contribution in [0.15, 0.2) is 52.3 Å². The van der Waals surface area contributed by atoms with Crippen LogP contribution < -0.4 is 15.2 Å². The Kier molecular flexibility index (Phi) is 5.76. The second kappa shape index (κ2) is 8.59. The molecule has 0 saturated carbocycles. The summed E-state index contributed by atoms with van der Waals surface area (Å²) in [6.45, 7) is 6.15. The Bertz CT molecular complexity index is 1360. The topological polar surface area (TPSA) is 85.5 Å². The van der Waals surface area contributed by atoms with E-state index in [1.165, 1.54) is 28.6 Å². The van der Waals surface area contributed by atoms with E-state index in [0.29, 0.717) is 17.2 Å². The molecule has 8 heteroatoms. The average molecular weight is 467 g/mol. The molecule has 1 aliphatic carbocycles. The molecule has 1 atom stereocenters. The molecule has 0 bridgehead atoms. The van der Waals surface area contributed by atoms with E-state index in [1.807, 2.05) is 0 Å². The molecule has 2 aliphatic rings. The van der Waals surface area contributed by atoms with Gasteiger partial charge in [0.15, 0.2) is 0 Å². The number of piperazine rings is 1. The Balaban J connectivity index is 1.45. The first-order valence-corrected chi connectivity index (χ1v) is 13.0. The van der Waals surface area contributed by atoms with E-state index in [2.05, 4.69) is 45.6 Å². The minimum atomic E-state index is -3.80. The molecule has 1 saturated heterocycles. The second-order valence-corrected chi connectivity index (χ2v) is 10.9. The number of pyridine rings is 1. The number of hydrogen-bond donors (Lipinski definition) is 2. The molecule has 7 nitrogen and oxygen atoms in total. The number of fused-ring (bicyclic) bond motifs is 2. The predicted molar refractivity (Wildman–Crippen MR) is 132 cm³/mol. The van der Waals surface area contributed by atoms with Crippen LogP contribution in [0.1, 0.15) is 23.1 Å². The van der Waals surface area contributed by atoms with Crippen LogP contribution in [0, 0.1) is 6.92 Å². The number of aromatic nitrogens is 1. The number of H-pyrrole nitrogens is 1. The van der Waals surface area contributed by atoms with Crippen molar-refractivity contribution < 1.29 is 8.42 Å². The lowest BCUT2D eigenvalue weighted by Crippen LogP contribution is -2.45. The van der Waals surface area contributed by atoms with E-state index in [-0.39, 0.29) is 16.5 Å². The van der Waals surface area contributed by atoms with Gasteiger partial charge in [-0.25, -0.2) is 13.1 Å². The van der Waals surface area contributed by atoms with Crippen LogP contribution in [0.4, 0.5) is 5.69 Å². The maximum Gasteiger partial charge on any atom is 0.255 e. The number of sulfonamides is 1. The van der Waals surface area contributed by atoms with Crippen LogP contribution in [0.25, 0.3) is 10.8 Å². The van der Waals surface area contributed by atoms with E-state index < -0.39 is 10.0 Å². The lowest BCUT2D eigenvalue weighted by atomic mass is 9.84. The first-order valence-electron chi connectivity index (χ1n) is 11.5. The summed E-state index contributed by atoms with van der Waals surface area (Å²) < 4.78 is 29.7. The standard InChI is InChI=1S/C25H30N4O3S/c1-17-7-10-23(29-13-11-28(2)12-14-29)22-15-18(8-9-19(17)22)27-33(31,32)24-16-26-25(30)21-6-4-3-5-20(21)24/h3-7,10,16,18,27H,8-9,11-15H2,1-2H3,(H,26,30)/t18-/m1/s1. The van der Waals surface area contributed by atoms with Crippen molar-refractivity contribution in [2.75, 3.05) is 38.1 Å². The minimum Gasteiger partial charge on any atom is -0.369 e. The predicted octanol–water partition coefficient (Wildman–Crippen LogP) is 2.42. The number of aryl methyl sites for hydroxylation is 1. The normalized spacial score (nSPS) is 19.6. The van der Waals surface area contributed by atoms with Gasteiger partial charge in [0, 0.05) is 54.9 Å². The summed E-state index contributed by atoms with van der Waals surface area (Å²) in [4.78, 5) is 19.6. The highest BCUT2D eigenvalue weighted by Crippen LogP contribution is 2.34. The SMILES string of the molecule is Cc1ccc(N2CCN(C)CC2)c2c1CC[C@@H](NS(=O)(=O)c1c[nH]c(=O)c3ccccc13)C2. The molecule has 33 heavy (non-hydrogen) atoms. The zero-order valence-electron chi connectivity index (χ0n) is 19.1. The number of nitrogens with zero attached hydrogens (tertiary/aromatic N) is 2. The summed E-state index contributed by atoms with van der Waals surface area (Å²) in [7, 11) is -1.66. The van der Waals surface area contributed by atoms with Crippen LogP contribution in [-0.4, -0.2) is 57.6 Å². The first-order chi connectivity index (χ1) is 15.8. The Morgan fingerprint density at radius 1 is 1.00 bits per heavy atom. The molecule has 1 fully saturated rings. The van der Waals surface area contributed by atoms with Gasteiger partial charge in [-0.05, 0) is 62.1 Å². The van der Waals surface area contributed by atoms with Crippen LogP contribution in [-0.2, 0) is 22.9 Å². The van der Waals surface area contributed by atoms with Crippen LogP contribution in [0.5, 0.6) is 0 Å². The fourth-order valence-electron chi connectivity index (χ4n) is 5.17. The molecule has 5 rings (SSSR count). The van der Waals surface area contributed by atoms with Crippen LogP contribution in [0.2, 0.25) is 0 Å². The Labute approximate surface area is 194 Å². The highest BCUT2D eigenvalue weighted by molar-refractivity contribution is 7.89. The first kappa shape index (κ1) is 22.1. The van der Waals surface area contributed by atoms with Crippen molar-refractivity contribution in [1.29, 1.82) is 0 Å². The number of likely N-dealkylation sites (N-methyl/N-ethyl adjacent to an activating group) is 1. The molecule has 2 N–H and O–H groups in total. The third-order valence-corrected chi connectivity index (χ3v) is 8.62. The fourth-order valence-corrected chi connectivity index (χ4v) is 6.62. The second-order valence-electron chi connectivity index (χ2n) is 9.24. The zero-order valence-corrected chi connectivity index (χ0v) is 19.9. The van der Waals surface area contributed by atoms with Crippen molar-refractivity contribution in [3.63, 3.8) is 0 Å². The van der Waals surface area contributed by atoms with Crippen molar-refractivity contribution in [1.82, 2.24) is 14.6 Å². The van der Waals surface area contributed by atoms with E-state index in [0.717, 1.165) is 39.0 Å². The molecule has 0 spiro atoms. The summed E-state index contributed by atoms with van der Waals surface area (Å²) in [5, 5.41) is 0.821. The zero-order chi connectivity index (χ0) is 23.2.